The van der Waals surface area contributed by atoms with Gasteiger partial charge in [-0.2, -0.15) is 0 Å². The number of aryl methyl sites for hydroxylation is 5. The fourth-order valence-electron chi connectivity index (χ4n) is 12.2. The molecule has 0 aliphatic carbocycles. The van der Waals surface area contributed by atoms with Crippen LogP contribution in [0.1, 0.15) is 27.8 Å². The monoisotopic (exact) mass is 964 g/mol. The van der Waals surface area contributed by atoms with Crippen molar-refractivity contribution in [1.82, 2.24) is 0 Å². The number of furan rings is 1. The molecule has 0 saturated carbocycles. The van der Waals surface area contributed by atoms with Crippen LogP contribution in [0.5, 0.6) is 11.5 Å². The molecule has 14 rings (SSSR count). The average molecular weight is 965 g/mol. The molecule has 0 fully saturated rings. The second-order valence-corrected chi connectivity index (χ2v) is 20.4. The third kappa shape index (κ3) is 7.28. The summed E-state index contributed by atoms with van der Waals surface area (Å²) >= 11 is 0. The number of ether oxygens (including phenoxy) is 1. The van der Waals surface area contributed by atoms with Gasteiger partial charge in [-0.3, -0.25) is 0 Å². The van der Waals surface area contributed by atoms with Crippen LogP contribution in [0.3, 0.4) is 0 Å². The zero-order valence-corrected chi connectivity index (χ0v) is 42.6. The van der Waals surface area contributed by atoms with Gasteiger partial charge in [-0.15, -0.1) is 0 Å². The summed E-state index contributed by atoms with van der Waals surface area (Å²) in [5, 5.41) is 9.39. The van der Waals surface area contributed by atoms with E-state index in [0.29, 0.717) is 0 Å². The lowest BCUT2D eigenvalue weighted by Gasteiger charge is -2.30. The van der Waals surface area contributed by atoms with Crippen molar-refractivity contribution in [3.63, 3.8) is 0 Å². The summed E-state index contributed by atoms with van der Waals surface area (Å²) in [5.74, 6) is 1.73. The quantitative estimate of drug-likeness (QED) is 0.142. The highest BCUT2D eigenvalue weighted by molar-refractivity contribution is 6.26. The van der Waals surface area contributed by atoms with Crippen molar-refractivity contribution in [3.8, 4) is 44.9 Å². The van der Waals surface area contributed by atoms with E-state index in [1.807, 2.05) is 6.07 Å². The number of hydrogen-bond acceptors (Lipinski definition) is 4. The third-order valence-electron chi connectivity index (χ3n) is 15.3. The SMILES string of the molecule is Cc1cc(C)c(N(c2ccccc2)c2ccc3c(c2)Oc2cc(C)cc4c2c-3cc2c3cc(C)ccc3c(-c3ccc(N(c5ccccc5-c5ccccc5)c5cccc6c5oc5ccccc56)cc3)cc42)c(C)c1. The molecule has 358 valence electrons. The molecule has 1 aliphatic rings. The molecule has 0 N–H and O–H groups in total. The summed E-state index contributed by atoms with van der Waals surface area (Å²) in [7, 11) is 0. The lowest BCUT2D eigenvalue weighted by molar-refractivity contribution is 0.487. The highest BCUT2D eigenvalue weighted by Gasteiger charge is 2.27. The second kappa shape index (κ2) is 17.4. The lowest BCUT2D eigenvalue weighted by atomic mass is 9.85. The largest absolute Gasteiger partial charge is 0.456 e. The van der Waals surface area contributed by atoms with Crippen LogP contribution in [-0.2, 0) is 0 Å². The Hall–Kier alpha value is -9.38. The minimum Gasteiger partial charge on any atom is -0.456 e. The molecule has 1 aliphatic heterocycles. The molecular formula is C71H52N2O2. The Morgan fingerprint density at radius 2 is 0.933 bits per heavy atom. The van der Waals surface area contributed by atoms with Crippen molar-refractivity contribution in [2.45, 2.75) is 34.6 Å². The van der Waals surface area contributed by atoms with E-state index in [9.17, 15) is 0 Å². The molecule has 12 aromatic carbocycles. The van der Waals surface area contributed by atoms with Gasteiger partial charge in [0.15, 0.2) is 5.58 Å². The normalized spacial score (nSPS) is 11.9. The van der Waals surface area contributed by atoms with Crippen molar-refractivity contribution in [3.05, 3.63) is 252 Å². The average Bonchev–Trinajstić information content (AvgIpc) is 3.82. The maximum Gasteiger partial charge on any atom is 0.159 e. The molecule has 0 amide bonds. The summed E-state index contributed by atoms with van der Waals surface area (Å²) in [6.07, 6.45) is 0. The molecule has 4 heteroatoms. The molecule has 2 heterocycles. The summed E-state index contributed by atoms with van der Waals surface area (Å²) < 4.78 is 13.8. The fraction of sp³-hybridized carbons (Fsp3) is 0.0704. The van der Waals surface area contributed by atoms with Crippen molar-refractivity contribution in [1.29, 1.82) is 0 Å². The highest BCUT2D eigenvalue weighted by atomic mass is 16.5. The first kappa shape index (κ1) is 44.3. The summed E-state index contributed by atoms with van der Waals surface area (Å²) in [4.78, 5) is 4.74. The maximum atomic E-state index is 7.09. The number of anilines is 6. The number of benzene rings is 12. The zero-order chi connectivity index (χ0) is 50.5. The molecule has 75 heavy (non-hydrogen) atoms. The highest BCUT2D eigenvalue weighted by Crippen LogP contribution is 2.53. The Kier molecular flexibility index (Phi) is 10.3. The summed E-state index contributed by atoms with van der Waals surface area (Å²) in [6, 6.07) is 81.6. The summed E-state index contributed by atoms with van der Waals surface area (Å²) in [5.41, 5.74) is 21.1. The maximum absolute atomic E-state index is 7.09. The van der Waals surface area contributed by atoms with Gasteiger partial charge >= 0.3 is 0 Å². The molecule has 1 aromatic heterocycles. The number of para-hydroxylation sites is 4. The minimum absolute atomic E-state index is 0.851. The van der Waals surface area contributed by atoms with Crippen LogP contribution in [0.2, 0.25) is 0 Å². The first-order valence-corrected chi connectivity index (χ1v) is 25.9. The van der Waals surface area contributed by atoms with Crippen LogP contribution < -0.4 is 14.5 Å². The van der Waals surface area contributed by atoms with Gasteiger partial charge in [-0.05, 0) is 173 Å². The van der Waals surface area contributed by atoms with Crippen molar-refractivity contribution in [2.24, 2.45) is 0 Å². The molecule has 0 radical (unpaired) electrons. The van der Waals surface area contributed by atoms with Gasteiger partial charge in [0.25, 0.3) is 0 Å². The number of rotatable bonds is 8. The Labute approximate surface area is 436 Å². The van der Waals surface area contributed by atoms with E-state index in [0.717, 1.165) is 95.1 Å². The predicted octanol–water partition coefficient (Wildman–Crippen LogP) is 20.6. The van der Waals surface area contributed by atoms with Gasteiger partial charge in [0, 0.05) is 50.4 Å². The van der Waals surface area contributed by atoms with Crippen LogP contribution in [0, 0.1) is 34.6 Å². The molecule has 0 bridgehead atoms. The van der Waals surface area contributed by atoms with E-state index in [1.165, 1.54) is 66.0 Å². The van der Waals surface area contributed by atoms with Gasteiger partial charge < -0.3 is 19.0 Å². The van der Waals surface area contributed by atoms with E-state index in [2.05, 4.69) is 263 Å². The van der Waals surface area contributed by atoms with Crippen molar-refractivity contribution < 1.29 is 9.15 Å². The molecule has 0 atom stereocenters. The number of hydrogen-bond donors (Lipinski definition) is 0. The Bertz CT molecular complexity index is 4420. The second-order valence-electron chi connectivity index (χ2n) is 20.4. The molecule has 0 unspecified atom stereocenters. The van der Waals surface area contributed by atoms with Gasteiger partial charge in [0.2, 0.25) is 0 Å². The molecule has 13 aromatic rings. The zero-order valence-electron chi connectivity index (χ0n) is 42.6. The molecular weight excluding hydrogens is 913 g/mol. The standard InChI is InChI=1S/C71H52N2O2/c1-43-27-33-54-58(49-28-30-51(31-29-49)73(64-24-14-12-21-53(64)48-17-8-6-9-18-48)65-25-16-23-57-55-22-13-15-26-66(55)75-71(57)65)41-61-60(59(54)37-43)42-63-56-34-32-52(40-67(56)74-68-39-45(3)38-62(61)69(63)68)72(50-19-10-7-11-20-50)70-46(4)35-44(2)36-47(70)5/h6-42H,1-5H3. The Balaban J connectivity index is 0.934. The predicted molar refractivity (Wildman–Crippen MR) is 316 cm³/mol. The molecule has 4 nitrogen and oxygen atoms in total. The van der Waals surface area contributed by atoms with Crippen LogP contribution in [-0.4, -0.2) is 0 Å². The molecule has 0 spiro atoms. The van der Waals surface area contributed by atoms with Crippen LogP contribution in [0.15, 0.2) is 229 Å². The van der Waals surface area contributed by atoms with Gasteiger partial charge in [0.05, 0.1) is 17.1 Å². The molecule has 0 saturated heterocycles. The van der Waals surface area contributed by atoms with Gasteiger partial charge in [-0.1, -0.05) is 157 Å². The van der Waals surface area contributed by atoms with E-state index in [-0.39, 0.29) is 0 Å². The van der Waals surface area contributed by atoms with Crippen LogP contribution >= 0.6 is 0 Å². The van der Waals surface area contributed by atoms with E-state index in [4.69, 9.17) is 9.15 Å². The minimum atomic E-state index is 0.851. The first-order valence-electron chi connectivity index (χ1n) is 25.9. The van der Waals surface area contributed by atoms with Crippen LogP contribution in [0.25, 0.3) is 87.6 Å². The van der Waals surface area contributed by atoms with Crippen molar-refractivity contribution in [2.75, 3.05) is 9.80 Å². The van der Waals surface area contributed by atoms with E-state index >= 15 is 0 Å². The smallest absolute Gasteiger partial charge is 0.159 e. The lowest BCUT2D eigenvalue weighted by Crippen LogP contribution is -2.13. The van der Waals surface area contributed by atoms with Gasteiger partial charge in [-0.25, -0.2) is 0 Å². The van der Waals surface area contributed by atoms with E-state index in [1.54, 1.807) is 0 Å². The topological polar surface area (TPSA) is 28.9 Å². The van der Waals surface area contributed by atoms with Gasteiger partial charge in [0.1, 0.15) is 17.1 Å². The number of fused-ring (bicyclic) bond motifs is 9. The van der Waals surface area contributed by atoms with Crippen LogP contribution in [0.4, 0.5) is 34.1 Å². The first-order chi connectivity index (χ1) is 36.7. The van der Waals surface area contributed by atoms with E-state index < -0.39 is 0 Å². The Morgan fingerprint density at radius 1 is 0.320 bits per heavy atom. The Morgan fingerprint density at radius 3 is 1.75 bits per heavy atom. The summed E-state index contributed by atoms with van der Waals surface area (Å²) in [6.45, 7) is 11.0. The third-order valence-corrected chi connectivity index (χ3v) is 15.3. The fourth-order valence-corrected chi connectivity index (χ4v) is 12.2. The number of nitrogens with zero attached hydrogens (tertiary/aromatic N) is 2. The van der Waals surface area contributed by atoms with Crippen molar-refractivity contribution >= 4 is 88.4 Å².